The van der Waals surface area contributed by atoms with Crippen LogP contribution in [0.2, 0.25) is 0 Å². The Kier molecular flexibility index (Phi) is 6.11. The lowest BCUT2D eigenvalue weighted by Crippen LogP contribution is -2.10. The van der Waals surface area contributed by atoms with Crippen molar-refractivity contribution < 1.29 is 23.8 Å². The van der Waals surface area contributed by atoms with Crippen LogP contribution in [0.4, 0.5) is 0 Å². The van der Waals surface area contributed by atoms with E-state index in [0.29, 0.717) is 22.6 Å². The molecule has 0 atom stereocenters. The fourth-order valence-electron chi connectivity index (χ4n) is 2.41. The van der Waals surface area contributed by atoms with E-state index in [4.69, 9.17) is 14.2 Å². The Morgan fingerprint density at radius 1 is 1.08 bits per heavy atom. The van der Waals surface area contributed by atoms with E-state index in [1.54, 1.807) is 18.3 Å². The normalized spacial score (nSPS) is 10.2. The second-order valence-corrected chi connectivity index (χ2v) is 5.56. The Bertz CT molecular complexity index is 785. The first-order valence-corrected chi connectivity index (χ1v) is 7.81. The van der Waals surface area contributed by atoms with Gasteiger partial charge in [-0.2, -0.15) is 0 Å². The van der Waals surface area contributed by atoms with Gasteiger partial charge >= 0.3 is 11.9 Å². The van der Waals surface area contributed by atoms with E-state index in [1.165, 1.54) is 14.0 Å². The van der Waals surface area contributed by atoms with Gasteiger partial charge in [-0.05, 0) is 25.5 Å². The van der Waals surface area contributed by atoms with Gasteiger partial charge in [0.25, 0.3) is 0 Å². The van der Waals surface area contributed by atoms with Crippen LogP contribution >= 0.6 is 0 Å². The first kappa shape index (κ1) is 18.4. The minimum Gasteiger partial charge on any atom is -0.496 e. The highest BCUT2D eigenvalue weighted by atomic mass is 16.5. The minimum atomic E-state index is -0.401. The highest BCUT2D eigenvalue weighted by molar-refractivity contribution is 5.90. The van der Waals surface area contributed by atoms with E-state index >= 15 is 0 Å². The van der Waals surface area contributed by atoms with Crippen molar-refractivity contribution >= 4 is 11.9 Å². The van der Waals surface area contributed by atoms with Gasteiger partial charge in [0, 0.05) is 18.7 Å². The summed E-state index contributed by atoms with van der Waals surface area (Å²) >= 11 is 0. The van der Waals surface area contributed by atoms with Crippen LogP contribution in [0.1, 0.15) is 39.7 Å². The molecule has 1 heterocycles. The zero-order chi connectivity index (χ0) is 18.4. The van der Waals surface area contributed by atoms with Gasteiger partial charge in [-0.15, -0.1) is 0 Å². The quantitative estimate of drug-likeness (QED) is 0.750. The summed E-state index contributed by atoms with van der Waals surface area (Å²) in [6.07, 6.45) is 1.57. The molecule has 132 valence electrons. The highest BCUT2D eigenvalue weighted by Gasteiger charge is 2.16. The number of pyridine rings is 1. The summed E-state index contributed by atoms with van der Waals surface area (Å²) in [5.41, 5.74) is 3.37. The summed E-state index contributed by atoms with van der Waals surface area (Å²) < 4.78 is 15.8. The number of ether oxygens (including phenoxy) is 3. The van der Waals surface area contributed by atoms with Crippen molar-refractivity contribution in [1.82, 2.24) is 4.98 Å². The van der Waals surface area contributed by atoms with Crippen LogP contribution in [0.3, 0.4) is 0 Å². The van der Waals surface area contributed by atoms with Crippen LogP contribution < -0.4 is 4.74 Å². The fraction of sp³-hybridized carbons (Fsp3) is 0.316. The Labute approximate surface area is 146 Å². The number of nitrogens with zero attached hydrogens (tertiary/aromatic N) is 1. The monoisotopic (exact) mass is 343 g/mol. The zero-order valence-electron chi connectivity index (χ0n) is 14.8. The van der Waals surface area contributed by atoms with Crippen LogP contribution in [-0.4, -0.2) is 24.0 Å². The van der Waals surface area contributed by atoms with Gasteiger partial charge in [0.15, 0.2) is 0 Å². The van der Waals surface area contributed by atoms with Gasteiger partial charge < -0.3 is 14.2 Å². The standard InChI is InChI=1S/C19H21NO5/c1-12-7-5-6-8-16(12)19(22)25-10-15-9-20-17(11-24-14(3)21)13(2)18(15)23-4/h5-9H,10-11H2,1-4H3. The van der Waals surface area contributed by atoms with Crippen molar-refractivity contribution in [2.45, 2.75) is 34.0 Å². The number of hydrogen-bond donors (Lipinski definition) is 0. The summed E-state index contributed by atoms with van der Waals surface area (Å²) in [6, 6.07) is 7.23. The predicted octanol–water partition coefficient (Wildman–Crippen LogP) is 3.13. The number of carbonyl (C=O) groups excluding carboxylic acids is 2. The molecule has 0 bridgehead atoms. The molecule has 0 unspecified atom stereocenters. The summed E-state index contributed by atoms with van der Waals surface area (Å²) in [6.45, 7) is 5.12. The second-order valence-electron chi connectivity index (χ2n) is 5.56. The maximum absolute atomic E-state index is 12.2. The molecule has 0 saturated heterocycles. The number of carbonyl (C=O) groups is 2. The zero-order valence-corrected chi connectivity index (χ0v) is 14.8. The van der Waals surface area contributed by atoms with E-state index in [2.05, 4.69) is 4.98 Å². The smallest absolute Gasteiger partial charge is 0.338 e. The molecule has 6 nitrogen and oxygen atoms in total. The molecular formula is C19H21NO5. The molecule has 1 aromatic heterocycles. The molecule has 0 spiro atoms. The van der Waals surface area contributed by atoms with Crippen molar-refractivity contribution in [2.75, 3.05) is 7.11 Å². The molecule has 0 saturated carbocycles. The van der Waals surface area contributed by atoms with Gasteiger partial charge in [-0.1, -0.05) is 18.2 Å². The lowest BCUT2D eigenvalue weighted by molar-refractivity contribution is -0.142. The third kappa shape index (κ3) is 4.56. The van der Waals surface area contributed by atoms with Gasteiger partial charge in [-0.25, -0.2) is 4.79 Å². The van der Waals surface area contributed by atoms with E-state index in [-0.39, 0.29) is 19.2 Å². The maximum atomic E-state index is 12.2. The molecule has 0 fully saturated rings. The topological polar surface area (TPSA) is 74.7 Å². The summed E-state index contributed by atoms with van der Waals surface area (Å²) in [5, 5.41) is 0. The van der Waals surface area contributed by atoms with E-state index in [1.807, 2.05) is 26.0 Å². The Hall–Kier alpha value is -2.89. The lowest BCUT2D eigenvalue weighted by atomic mass is 10.1. The average Bonchev–Trinajstić information content (AvgIpc) is 2.59. The molecular weight excluding hydrogens is 322 g/mol. The average molecular weight is 343 g/mol. The molecule has 2 aromatic rings. The van der Waals surface area contributed by atoms with Crippen LogP contribution in [0.5, 0.6) is 5.75 Å². The number of aryl methyl sites for hydroxylation is 1. The molecule has 0 aliphatic carbocycles. The molecule has 2 rings (SSSR count). The Morgan fingerprint density at radius 2 is 1.80 bits per heavy atom. The summed E-state index contributed by atoms with van der Waals surface area (Å²) in [7, 11) is 1.53. The molecule has 0 N–H and O–H groups in total. The molecule has 0 aliphatic heterocycles. The first-order valence-electron chi connectivity index (χ1n) is 7.81. The Balaban J connectivity index is 2.14. The van der Waals surface area contributed by atoms with E-state index in [0.717, 1.165) is 11.1 Å². The van der Waals surface area contributed by atoms with E-state index < -0.39 is 5.97 Å². The molecule has 25 heavy (non-hydrogen) atoms. The molecule has 0 radical (unpaired) electrons. The number of hydrogen-bond acceptors (Lipinski definition) is 6. The van der Waals surface area contributed by atoms with Crippen molar-refractivity contribution in [1.29, 1.82) is 0 Å². The molecule has 0 aliphatic rings. The van der Waals surface area contributed by atoms with Crippen molar-refractivity contribution in [2.24, 2.45) is 0 Å². The highest BCUT2D eigenvalue weighted by Crippen LogP contribution is 2.26. The molecule has 1 aromatic carbocycles. The van der Waals surface area contributed by atoms with Gasteiger partial charge in [0.2, 0.25) is 0 Å². The van der Waals surface area contributed by atoms with Gasteiger partial charge in [0.05, 0.1) is 23.9 Å². The number of benzene rings is 1. The number of methoxy groups -OCH3 is 1. The second kappa shape index (κ2) is 8.28. The largest absolute Gasteiger partial charge is 0.496 e. The fourth-order valence-corrected chi connectivity index (χ4v) is 2.41. The minimum absolute atomic E-state index is 0.0397. The lowest BCUT2D eigenvalue weighted by Gasteiger charge is -2.15. The SMILES string of the molecule is COc1c(COC(=O)c2ccccc2C)cnc(COC(C)=O)c1C. The maximum Gasteiger partial charge on any atom is 0.338 e. The van der Waals surface area contributed by atoms with Gasteiger partial charge in [0.1, 0.15) is 19.0 Å². The number of rotatable bonds is 6. The number of esters is 2. The third-order valence-electron chi connectivity index (χ3n) is 3.78. The van der Waals surface area contributed by atoms with Crippen LogP contribution in [-0.2, 0) is 27.5 Å². The van der Waals surface area contributed by atoms with E-state index in [9.17, 15) is 9.59 Å². The summed E-state index contributed by atoms with van der Waals surface area (Å²) in [5.74, 6) is -0.215. The Morgan fingerprint density at radius 3 is 2.44 bits per heavy atom. The van der Waals surface area contributed by atoms with Crippen LogP contribution in [0, 0.1) is 13.8 Å². The van der Waals surface area contributed by atoms with Crippen LogP contribution in [0.25, 0.3) is 0 Å². The third-order valence-corrected chi connectivity index (χ3v) is 3.78. The summed E-state index contributed by atoms with van der Waals surface area (Å²) in [4.78, 5) is 27.5. The molecule has 6 heteroatoms. The molecule has 0 amide bonds. The first-order chi connectivity index (χ1) is 11.9. The van der Waals surface area contributed by atoms with Gasteiger partial charge in [-0.3, -0.25) is 9.78 Å². The number of aromatic nitrogens is 1. The van der Waals surface area contributed by atoms with Crippen molar-refractivity contribution in [3.8, 4) is 5.75 Å². The van der Waals surface area contributed by atoms with Crippen LogP contribution in [0.15, 0.2) is 30.5 Å². The van der Waals surface area contributed by atoms with Crippen molar-refractivity contribution in [3.63, 3.8) is 0 Å². The van der Waals surface area contributed by atoms with Crippen molar-refractivity contribution in [3.05, 3.63) is 58.4 Å². The predicted molar refractivity (Wildman–Crippen MR) is 91.3 cm³/mol.